The van der Waals surface area contributed by atoms with Crippen LogP contribution in [0.3, 0.4) is 0 Å². The predicted octanol–water partition coefficient (Wildman–Crippen LogP) is 6.37. The number of hydrogen-bond donors (Lipinski definition) is 2. The quantitative estimate of drug-likeness (QED) is 0.240. The number of anilines is 1. The van der Waals surface area contributed by atoms with Crippen LogP contribution < -0.4 is 19.5 Å². The zero-order valence-electron chi connectivity index (χ0n) is 21.5. The lowest BCUT2D eigenvalue weighted by Gasteiger charge is -2.26. The number of carbonyl (C=O) groups is 1. The third-order valence-corrected chi connectivity index (χ3v) is 6.80. The van der Waals surface area contributed by atoms with Crippen molar-refractivity contribution in [3.8, 4) is 22.9 Å². The normalized spacial score (nSPS) is 17.0. The van der Waals surface area contributed by atoms with Crippen molar-refractivity contribution in [1.29, 1.82) is 0 Å². The minimum Gasteiger partial charge on any atom is -0.484 e. The maximum atomic E-state index is 14.0. The van der Waals surface area contributed by atoms with Gasteiger partial charge in [0.15, 0.2) is 17.2 Å². The van der Waals surface area contributed by atoms with Gasteiger partial charge in [0.25, 0.3) is 0 Å². The third-order valence-electron chi connectivity index (χ3n) is 6.80. The number of aromatic nitrogens is 3. The number of carboxylic acid groups (broad SMARTS) is 1. The Morgan fingerprint density at radius 3 is 2.60 bits per heavy atom. The van der Waals surface area contributed by atoms with Gasteiger partial charge in [-0.05, 0) is 67.3 Å². The number of halogens is 5. The Balaban J connectivity index is 1.29. The Kier molecular flexibility index (Phi) is 6.62. The third kappa shape index (κ3) is 5.39. The van der Waals surface area contributed by atoms with Gasteiger partial charge in [-0.2, -0.15) is 18.3 Å². The minimum absolute atomic E-state index is 0.0318. The largest absolute Gasteiger partial charge is 0.586 e. The first-order chi connectivity index (χ1) is 20.0. The van der Waals surface area contributed by atoms with Crippen LogP contribution in [0, 0.1) is 0 Å². The Bertz CT molecular complexity index is 1660. The summed E-state index contributed by atoms with van der Waals surface area (Å²) in [5.41, 5.74) is 0.179. The van der Waals surface area contributed by atoms with Crippen molar-refractivity contribution < 1.29 is 46.1 Å². The zero-order valence-corrected chi connectivity index (χ0v) is 21.5. The highest BCUT2D eigenvalue weighted by molar-refractivity contribution is 5.87. The fourth-order valence-electron chi connectivity index (χ4n) is 4.97. The highest BCUT2D eigenvalue weighted by Gasteiger charge is 2.44. The van der Waals surface area contributed by atoms with E-state index in [4.69, 9.17) is 9.84 Å². The van der Waals surface area contributed by atoms with Gasteiger partial charge in [0.05, 0.1) is 16.9 Å². The first-order valence-electron chi connectivity index (χ1n) is 12.7. The van der Waals surface area contributed by atoms with Crippen LogP contribution >= 0.6 is 0 Å². The van der Waals surface area contributed by atoms with Crippen LogP contribution in [0.15, 0.2) is 60.8 Å². The van der Waals surface area contributed by atoms with Crippen molar-refractivity contribution in [3.63, 3.8) is 0 Å². The molecule has 2 aliphatic rings. The van der Waals surface area contributed by atoms with Gasteiger partial charge in [-0.15, -0.1) is 8.78 Å². The van der Waals surface area contributed by atoms with Crippen molar-refractivity contribution in [1.82, 2.24) is 14.8 Å². The topological polar surface area (TPSA) is 108 Å². The molecule has 2 N–H and O–H groups in total. The summed E-state index contributed by atoms with van der Waals surface area (Å²) in [6, 6.07) is 12.9. The molecule has 3 heterocycles. The SMILES string of the molecule is O=C(O)c1ccc(OC2CCCc3c(C(F)(F)F)nn(-c4ccnc(NCc5ccc6c(c5)OC(F)(F)O6)c4)c32)cc1. The maximum absolute atomic E-state index is 14.0. The van der Waals surface area contributed by atoms with E-state index in [1.54, 1.807) is 6.07 Å². The molecule has 0 fully saturated rings. The number of fused-ring (bicyclic) bond motifs is 2. The van der Waals surface area contributed by atoms with Gasteiger partial charge in [0, 0.05) is 24.4 Å². The van der Waals surface area contributed by atoms with Crippen LogP contribution in [0.25, 0.3) is 5.69 Å². The summed E-state index contributed by atoms with van der Waals surface area (Å²) in [6.45, 7) is 0.141. The molecule has 4 aromatic rings. The van der Waals surface area contributed by atoms with Gasteiger partial charge in [0.2, 0.25) is 0 Å². The van der Waals surface area contributed by atoms with E-state index < -0.39 is 30.2 Å². The molecule has 0 spiro atoms. The molecule has 14 heteroatoms. The number of rotatable bonds is 7. The van der Waals surface area contributed by atoms with E-state index in [9.17, 15) is 26.7 Å². The first kappa shape index (κ1) is 27.3. The van der Waals surface area contributed by atoms with Crippen LogP contribution in [0.2, 0.25) is 0 Å². The number of benzene rings is 2. The molecule has 2 aromatic carbocycles. The number of carboxylic acids is 1. The molecule has 1 aliphatic carbocycles. The van der Waals surface area contributed by atoms with Gasteiger partial charge in [0.1, 0.15) is 17.7 Å². The highest BCUT2D eigenvalue weighted by atomic mass is 19.4. The molecule has 0 bridgehead atoms. The van der Waals surface area contributed by atoms with E-state index in [-0.39, 0.29) is 41.3 Å². The summed E-state index contributed by atoms with van der Waals surface area (Å²) < 4.78 is 84.9. The molecule has 1 aliphatic heterocycles. The summed E-state index contributed by atoms with van der Waals surface area (Å²) in [6.07, 6.45) is -6.83. The number of hydrogen-bond acceptors (Lipinski definition) is 7. The second kappa shape index (κ2) is 10.2. The summed E-state index contributed by atoms with van der Waals surface area (Å²) in [7, 11) is 0. The van der Waals surface area contributed by atoms with E-state index in [0.29, 0.717) is 35.7 Å². The Labute approximate surface area is 234 Å². The number of nitrogens with one attached hydrogen (secondary N) is 1. The number of alkyl halides is 5. The predicted molar refractivity (Wildman–Crippen MR) is 136 cm³/mol. The molecular weight excluding hydrogens is 567 g/mol. The van der Waals surface area contributed by atoms with Crippen molar-refractivity contribution >= 4 is 11.8 Å². The van der Waals surface area contributed by atoms with Crippen LogP contribution in [0.4, 0.5) is 27.8 Å². The number of aromatic carboxylic acids is 1. The van der Waals surface area contributed by atoms with Crippen molar-refractivity contribution in [2.24, 2.45) is 0 Å². The van der Waals surface area contributed by atoms with E-state index in [1.165, 1.54) is 59.4 Å². The zero-order chi connectivity index (χ0) is 29.6. The van der Waals surface area contributed by atoms with E-state index in [2.05, 4.69) is 24.9 Å². The number of ether oxygens (including phenoxy) is 3. The number of pyridine rings is 1. The number of nitrogens with zero attached hydrogens (tertiary/aromatic N) is 3. The van der Waals surface area contributed by atoms with Crippen molar-refractivity contribution in [2.75, 3.05) is 5.32 Å². The first-order valence-corrected chi connectivity index (χ1v) is 12.7. The van der Waals surface area contributed by atoms with Crippen LogP contribution in [0.1, 0.15) is 51.8 Å². The average Bonchev–Trinajstić information content (AvgIpc) is 3.49. The molecule has 6 rings (SSSR count). The van der Waals surface area contributed by atoms with Crippen LogP contribution in [-0.2, 0) is 19.1 Å². The van der Waals surface area contributed by atoms with Gasteiger partial charge in [-0.3, -0.25) is 0 Å². The van der Waals surface area contributed by atoms with Gasteiger partial charge in [-0.25, -0.2) is 14.5 Å². The Hall–Kier alpha value is -4.88. The summed E-state index contributed by atoms with van der Waals surface area (Å²) in [4.78, 5) is 15.4. The van der Waals surface area contributed by atoms with Gasteiger partial charge in [-0.1, -0.05) is 6.07 Å². The van der Waals surface area contributed by atoms with Gasteiger partial charge < -0.3 is 24.6 Å². The second-order valence-corrected chi connectivity index (χ2v) is 9.65. The summed E-state index contributed by atoms with van der Waals surface area (Å²) in [5, 5.41) is 16.1. The smallest absolute Gasteiger partial charge is 0.484 e. The molecule has 9 nitrogen and oxygen atoms in total. The van der Waals surface area contributed by atoms with E-state index in [1.807, 2.05) is 0 Å². The fourth-order valence-corrected chi connectivity index (χ4v) is 4.97. The molecule has 1 atom stereocenters. The Morgan fingerprint density at radius 1 is 1.10 bits per heavy atom. The molecule has 0 saturated heterocycles. The Morgan fingerprint density at radius 2 is 1.86 bits per heavy atom. The lowest BCUT2D eigenvalue weighted by atomic mass is 9.93. The van der Waals surface area contributed by atoms with Crippen molar-refractivity contribution in [2.45, 2.75) is 44.4 Å². The fraction of sp³-hybridized carbons (Fsp3) is 0.250. The monoisotopic (exact) mass is 588 g/mol. The molecule has 0 saturated carbocycles. The van der Waals surface area contributed by atoms with Crippen LogP contribution in [-0.4, -0.2) is 32.1 Å². The molecular formula is C28H21F5N4O5. The molecule has 0 radical (unpaired) electrons. The summed E-state index contributed by atoms with van der Waals surface area (Å²) >= 11 is 0. The summed E-state index contributed by atoms with van der Waals surface area (Å²) in [5.74, 6) is -0.727. The lowest BCUT2D eigenvalue weighted by Crippen LogP contribution is -2.25. The molecule has 2 aromatic heterocycles. The highest BCUT2D eigenvalue weighted by Crippen LogP contribution is 2.43. The van der Waals surface area contributed by atoms with Gasteiger partial charge >= 0.3 is 18.4 Å². The molecule has 1 unspecified atom stereocenters. The second-order valence-electron chi connectivity index (χ2n) is 9.65. The molecule has 42 heavy (non-hydrogen) atoms. The van der Waals surface area contributed by atoms with E-state index >= 15 is 0 Å². The lowest BCUT2D eigenvalue weighted by molar-refractivity contribution is -0.286. The minimum atomic E-state index is -4.70. The van der Waals surface area contributed by atoms with Crippen LogP contribution in [0.5, 0.6) is 17.2 Å². The average molecular weight is 588 g/mol. The molecule has 218 valence electrons. The van der Waals surface area contributed by atoms with Crippen molar-refractivity contribution in [3.05, 3.63) is 88.9 Å². The molecule has 0 amide bonds. The standard InChI is InChI=1S/C28H21F5N4O5/c29-27(30,31)25-19-2-1-3-21(40-18-7-5-16(6-8-18)26(38)39)24(19)37(36-25)17-10-11-34-23(13-17)35-14-15-4-9-20-22(12-15)42-28(32,33)41-20/h4-13,21H,1-3,14H2,(H,34,35)(H,38,39). The van der Waals surface area contributed by atoms with E-state index in [0.717, 1.165) is 0 Å². The maximum Gasteiger partial charge on any atom is 0.586 e.